The van der Waals surface area contributed by atoms with E-state index in [2.05, 4.69) is 0 Å². The molecule has 1 aromatic carbocycles. The molecule has 0 spiro atoms. The molecule has 0 saturated carbocycles. The predicted octanol–water partition coefficient (Wildman–Crippen LogP) is 3.03. The number of ketones is 1. The Hall–Kier alpha value is -1.08. The van der Waals surface area contributed by atoms with Gasteiger partial charge in [0.2, 0.25) is 0 Å². The summed E-state index contributed by atoms with van der Waals surface area (Å²) < 4.78 is 0. The number of carbonyl (C=O) groups excluding carboxylic acids is 1. The summed E-state index contributed by atoms with van der Waals surface area (Å²) in [4.78, 5) is 11.2. The topological polar surface area (TPSA) is 17.1 Å². The van der Waals surface area contributed by atoms with Gasteiger partial charge in [0.05, 0.1) is 0 Å². The van der Waals surface area contributed by atoms with Gasteiger partial charge in [-0.2, -0.15) is 0 Å². The van der Waals surface area contributed by atoms with Crippen molar-refractivity contribution in [2.45, 2.75) is 13.3 Å². The number of benzene rings is 1. The van der Waals surface area contributed by atoms with E-state index in [4.69, 9.17) is 11.6 Å². The number of allylic oxidation sites excluding steroid dienone is 2. The van der Waals surface area contributed by atoms with Gasteiger partial charge in [0.15, 0.2) is 5.78 Å². The highest BCUT2D eigenvalue weighted by Crippen LogP contribution is 2.15. The summed E-state index contributed by atoms with van der Waals surface area (Å²) in [5, 5.41) is 0.653. The van der Waals surface area contributed by atoms with Crippen LogP contribution >= 0.6 is 11.6 Å². The van der Waals surface area contributed by atoms with Crippen LogP contribution in [-0.4, -0.2) is 5.78 Å². The van der Waals surface area contributed by atoms with E-state index in [1.165, 1.54) is 0 Å². The Kier molecular flexibility index (Phi) is 3.71. The second-order valence-corrected chi connectivity index (χ2v) is 3.14. The monoisotopic (exact) mass is 194 g/mol. The Labute approximate surface area is 83.0 Å². The van der Waals surface area contributed by atoms with E-state index in [1.807, 2.05) is 25.1 Å². The molecule has 0 heterocycles. The summed E-state index contributed by atoms with van der Waals surface area (Å²) >= 11 is 5.89. The van der Waals surface area contributed by atoms with Gasteiger partial charge in [0.25, 0.3) is 0 Å². The third-order valence-corrected chi connectivity index (χ3v) is 2.04. The fraction of sp³-hybridized carbons (Fsp3) is 0.182. The quantitative estimate of drug-likeness (QED) is 0.676. The first-order chi connectivity index (χ1) is 6.24. The molecule has 1 nitrogen and oxygen atoms in total. The minimum atomic E-state index is 0.0793. The molecule has 13 heavy (non-hydrogen) atoms. The summed E-state index contributed by atoms with van der Waals surface area (Å²) in [5.41, 5.74) is 0.882. The molecule has 0 bridgehead atoms. The van der Waals surface area contributed by atoms with Gasteiger partial charge in [-0.1, -0.05) is 35.9 Å². The third kappa shape index (κ3) is 3.03. The molecule has 68 valence electrons. The van der Waals surface area contributed by atoms with Crippen LogP contribution in [0, 0.1) is 0 Å². The average molecular weight is 195 g/mol. The predicted molar refractivity (Wildman–Crippen MR) is 55.0 cm³/mol. The molecule has 1 aromatic rings. The highest BCUT2D eigenvalue weighted by atomic mass is 35.5. The molecule has 0 unspecified atom stereocenters. The van der Waals surface area contributed by atoms with Gasteiger partial charge >= 0.3 is 0 Å². The van der Waals surface area contributed by atoms with Crippen LogP contribution in [0.3, 0.4) is 0 Å². The molecule has 1 rings (SSSR count). The molecule has 0 N–H and O–H groups in total. The first-order valence-electron chi connectivity index (χ1n) is 4.13. The third-order valence-electron chi connectivity index (χ3n) is 1.68. The fourth-order valence-corrected chi connectivity index (χ4v) is 1.28. The van der Waals surface area contributed by atoms with E-state index in [0.717, 1.165) is 5.56 Å². The second kappa shape index (κ2) is 4.83. The van der Waals surface area contributed by atoms with Crippen LogP contribution in [0.1, 0.15) is 12.5 Å². The lowest BCUT2D eigenvalue weighted by Gasteiger charge is -1.99. The van der Waals surface area contributed by atoms with Crippen LogP contribution in [0.15, 0.2) is 36.4 Å². The van der Waals surface area contributed by atoms with Crippen molar-refractivity contribution in [3.05, 3.63) is 47.0 Å². The molecule has 0 aliphatic rings. The molecule has 0 radical (unpaired) electrons. The standard InChI is InChI=1S/C11H11ClO/c1-2-5-10(13)8-9-6-3-4-7-11(9)12/h2-7H,8H2,1H3/b5-2+. The fourth-order valence-electron chi connectivity index (χ4n) is 1.07. The SMILES string of the molecule is C/C=C/C(=O)Cc1ccccc1Cl. The minimum Gasteiger partial charge on any atom is -0.294 e. The van der Waals surface area contributed by atoms with Crippen molar-refractivity contribution >= 4 is 17.4 Å². The zero-order valence-electron chi connectivity index (χ0n) is 7.46. The van der Waals surface area contributed by atoms with Gasteiger partial charge in [-0.3, -0.25) is 4.79 Å². The molecule has 0 fully saturated rings. The van der Waals surface area contributed by atoms with Crippen LogP contribution in [0.4, 0.5) is 0 Å². The molecule has 0 saturated heterocycles. The van der Waals surface area contributed by atoms with Crippen molar-refractivity contribution in [3.8, 4) is 0 Å². The molecular weight excluding hydrogens is 184 g/mol. The van der Waals surface area contributed by atoms with Gasteiger partial charge < -0.3 is 0 Å². The van der Waals surface area contributed by atoms with Crippen molar-refractivity contribution in [1.82, 2.24) is 0 Å². The molecular formula is C11H11ClO. The zero-order chi connectivity index (χ0) is 9.68. The Morgan fingerprint density at radius 3 is 2.77 bits per heavy atom. The molecule has 2 heteroatoms. The van der Waals surface area contributed by atoms with E-state index in [0.29, 0.717) is 11.4 Å². The second-order valence-electron chi connectivity index (χ2n) is 2.73. The van der Waals surface area contributed by atoms with Crippen LogP contribution in [0.5, 0.6) is 0 Å². The lowest BCUT2D eigenvalue weighted by molar-refractivity contribution is -0.114. The van der Waals surface area contributed by atoms with E-state index in [9.17, 15) is 4.79 Å². The van der Waals surface area contributed by atoms with E-state index >= 15 is 0 Å². The van der Waals surface area contributed by atoms with Gasteiger partial charge in [-0.05, 0) is 24.6 Å². The average Bonchev–Trinajstić information content (AvgIpc) is 2.09. The van der Waals surface area contributed by atoms with Crippen molar-refractivity contribution in [3.63, 3.8) is 0 Å². The van der Waals surface area contributed by atoms with E-state index in [1.54, 1.807) is 18.2 Å². The number of hydrogen-bond acceptors (Lipinski definition) is 1. The van der Waals surface area contributed by atoms with Gasteiger partial charge in [-0.15, -0.1) is 0 Å². The maximum absolute atomic E-state index is 11.2. The van der Waals surface area contributed by atoms with Crippen LogP contribution in [0.2, 0.25) is 5.02 Å². The van der Waals surface area contributed by atoms with Crippen molar-refractivity contribution < 1.29 is 4.79 Å². The van der Waals surface area contributed by atoms with E-state index in [-0.39, 0.29) is 5.78 Å². The first-order valence-corrected chi connectivity index (χ1v) is 4.50. The van der Waals surface area contributed by atoms with Crippen LogP contribution in [0.25, 0.3) is 0 Å². The van der Waals surface area contributed by atoms with Gasteiger partial charge in [0, 0.05) is 11.4 Å². The summed E-state index contributed by atoms with van der Waals surface area (Å²) in [5.74, 6) is 0.0793. The molecule has 0 aromatic heterocycles. The Bertz CT molecular complexity index is 329. The maximum Gasteiger partial charge on any atom is 0.159 e. The zero-order valence-corrected chi connectivity index (χ0v) is 8.21. The lowest BCUT2D eigenvalue weighted by atomic mass is 10.1. The van der Waals surface area contributed by atoms with Crippen molar-refractivity contribution in [2.75, 3.05) is 0 Å². The van der Waals surface area contributed by atoms with Crippen LogP contribution in [-0.2, 0) is 11.2 Å². The summed E-state index contributed by atoms with van der Waals surface area (Å²) in [7, 11) is 0. The molecule has 0 atom stereocenters. The van der Waals surface area contributed by atoms with Crippen molar-refractivity contribution in [2.24, 2.45) is 0 Å². The Morgan fingerprint density at radius 1 is 1.46 bits per heavy atom. The largest absolute Gasteiger partial charge is 0.294 e. The first kappa shape index (κ1) is 10.0. The van der Waals surface area contributed by atoms with Gasteiger partial charge in [0.1, 0.15) is 0 Å². The normalized spacial score (nSPS) is 10.6. The molecule has 0 aliphatic heterocycles. The van der Waals surface area contributed by atoms with Crippen LogP contribution < -0.4 is 0 Å². The summed E-state index contributed by atoms with van der Waals surface area (Å²) in [6, 6.07) is 7.39. The highest BCUT2D eigenvalue weighted by Gasteiger charge is 2.02. The Morgan fingerprint density at radius 2 is 2.15 bits per heavy atom. The number of carbonyl (C=O) groups is 1. The smallest absolute Gasteiger partial charge is 0.159 e. The summed E-state index contributed by atoms with van der Waals surface area (Å²) in [6.45, 7) is 1.82. The van der Waals surface area contributed by atoms with E-state index < -0.39 is 0 Å². The lowest BCUT2D eigenvalue weighted by Crippen LogP contribution is -1.98. The molecule has 0 amide bonds. The number of halogens is 1. The maximum atomic E-state index is 11.2. The highest BCUT2D eigenvalue weighted by molar-refractivity contribution is 6.31. The minimum absolute atomic E-state index is 0.0793. The van der Waals surface area contributed by atoms with Gasteiger partial charge in [-0.25, -0.2) is 0 Å². The number of hydrogen-bond donors (Lipinski definition) is 0. The number of rotatable bonds is 3. The Balaban J connectivity index is 2.74. The van der Waals surface area contributed by atoms with Crippen molar-refractivity contribution in [1.29, 1.82) is 0 Å². The molecule has 0 aliphatic carbocycles. The summed E-state index contributed by atoms with van der Waals surface area (Å²) in [6.07, 6.45) is 3.67.